The van der Waals surface area contributed by atoms with Crippen LogP contribution in [0.2, 0.25) is 0 Å². The molecule has 0 aliphatic heterocycles. The molecule has 0 saturated carbocycles. The van der Waals surface area contributed by atoms with Gasteiger partial charge >= 0.3 is 0 Å². The smallest absolute Gasteiger partial charge is 0.227 e. The highest BCUT2D eigenvalue weighted by Gasteiger charge is 2.27. The number of nitrogens with zero attached hydrogens (tertiary/aromatic N) is 4. The topological polar surface area (TPSA) is 56.7 Å². The molecule has 0 amide bonds. The van der Waals surface area contributed by atoms with Crippen LogP contribution >= 0.6 is 0 Å². The number of fused-ring (bicyclic) bond motifs is 7. The summed E-state index contributed by atoms with van der Waals surface area (Å²) in [5.41, 5.74) is 11.2. The second-order valence-corrected chi connectivity index (χ2v) is 13.5. The lowest BCUT2D eigenvalue weighted by Crippen LogP contribution is -2.10. The Labute approximate surface area is 268 Å². The number of furan rings is 1. The lowest BCUT2D eigenvalue weighted by molar-refractivity contribution is 0.648. The van der Waals surface area contributed by atoms with Gasteiger partial charge in [0, 0.05) is 27.5 Å². The molecule has 0 spiro atoms. The molecule has 5 nitrogen and oxygen atoms in total. The minimum Gasteiger partial charge on any atom is -0.437 e. The lowest BCUT2D eigenvalue weighted by Gasteiger charge is -2.25. The number of aryl methyl sites for hydroxylation is 1. The van der Waals surface area contributed by atoms with Gasteiger partial charge in [-0.15, -0.1) is 0 Å². The Kier molecular flexibility index (Phi) is 6.50. The number of hydrogen-bond donors (Lipinski definition) is 0. The summed E-state index contributed by atoms with van der Waals surface area (Å²) in [5, 5.41) is 5.68. The van der Waals surface area contributed by atoms with E-state index >= 15 is 0 Å². The maximum atomic E-state index is 6.67. The van der Waals surface area contributed by atoms with Crippen molar-refractivity contribution in [3.05, 3.63) is 107 Å². The molecule has 0 saturated heterocycles. The summed E-state index contributed by atoms with van der Waals surface area (Å²) in [6.07, 6.45) is 0. The largest absolute Gasteiger partial charge is 0.437 e. The molecule has 0 unspecified atom stereocenters. The van der Waals surface area contributed by atoms with Gasteiger partial charge in [-0.3, -0.25) is 9.55 Å². The molecule has 228 valence electrons. The molecule has 46 heavy (non-hydrogen) atoms. The Morgan fingerprint density at radius 1 is 0.630 bits per heavy atom. The minimum absolute atomic E-state index is 0.264. The fourth-order valence-electron chi connectivity index (χ4n) is 7.12. The van der Waals surface area contributed by atoms with Crippen molar-refractivity contribution in [2.45, 2.75) is 66.2 Å². The van der Waals surface area contributed by atoms with Gasteiger partial charge in [0.05, 0.1) is 27.8 Å². The summed E-state index contributed by atoms with van der Waals surface area (Å²) >= 11 is 0. The SMILES string of the molecule is Cc1ccc2c(ccc3nc(-c4cccc5c4oc4nc(C(C)C)ccc45)n(-c4c(C(C)C)cc5ccccc5c4C(C)C)c32)n1. The molecule has 8 rings (SSSR count). The highest BCUT2D eigenvalue weighted by atomic mass is 16.3. The first-order chi connectivity index (χ1) is 22.2. The van der Waals surface area contributed by atoms with Crippen molar-refractivity contribution in [2.24, 2.45) is 0 Å². The highest BCUT2D eigenvalue weighted by Crippen LogP contribution is 2.44. The third-order valence-corrected chi connectivity index (χ3v) is 9.35. The van der Waals surface area contributed by atoms with Gasteiger partial charge in [0.25, 0.3) is 0 Å². The summed E-state index contributed by atoms with van der Waals surface area (Å²) in [6.45, 7) is 15.5. The first kappa shape index (κ1) is 28.4. The lowest BCUT2D eigenvalue weighted by atomic mass is 9.87. The number of aromatic nitrogens is 4. The fourth-order valence-corrected chi connectivity index (χ4v) is 7.12. The minimum atomic E-state index is 0.264. The van der Waals surface area contributed by atoms with Crippen molar-refractivity contribution in [1.29, 1.82) is 0 Å². The molecule has 4 aromatic heterocycles. The van der Waals surface area contributed by atoms with E-state index in [2.05, 4.69) is 131 Å². The zero-order valence-electron chi connectivity index (χ0n) is 27.5. The van der Waals surface area contributed by atoms with Crippen LogP contribution in [0.3, 0.4) is 0 Å². The maximum absolute atomic E-state index is 6.67. The zero-order valence-corrected chi connectivity index (χ0v) is 27.5. The van der Waals surface area contributed by atoms with E-state index in [1.165, 1.54) is 27.6 Å². The monoisotopic (exact) mass is 602 g/mol. The average Bonchev–Trinajstić information content (AvgIpc) is 3.61. The van der Waals surface area contributed by atoms with E-state index in [1.807, 2.05) is 6.92 Å². The van der Waals surface area contributed by atoms with Gasteiger partial charge in [0.15, 0.2) is 0 Å². The predicted octanol–water partition coefficient (Wildman–Crippen LogP) is 11.4. The second-order valence-electron chi connectivity index (χ2n) is 13.5. The van der Waals surface area contributed by atoms with Crippen LogP contribution in [0.5, 0.6) is 0 Å². The van der Waals surface area contributed by atoms with Crippen molar-refractivity contribution in [2.75, 3.05) is 0 Å². The summed E-state index contributed by atoms with van der Waals surface area (Å²) < 4.78 is 9.09. The van der Waals surface area contributed by atoms with Gasteiger partial charge in [-0.1, -0.05) is 77.9 Å². The molecular weight excluding hydrogens is 564 g/mol. The van der Waals surface area contributed by atoms with Gasteiger partial charge in [-0.2, -0.15) is 0 Å². The first-order valence-corrected chi connectivity index (χ1v) is 16.4. The third-order valence-electron chi connectivity index (χ3n) is 9.35. The molecule has 0 N–H and O–H groups in total. The van der Waals surface area contributed by atoms with E-state index in [4.69, 9.17) is 19.4 Å². The zero-order chi connectivity index (χ0) is 31.9. The summed E-state index contributed by atoms with van der Waals surface area (Å²) in [6, 6.07) is 30.3. The van der Waals surface area contributed by atoms with Crippen LogP contribution in [0.15, 0.2) is 89.3 Å². The van der Waals surface area contributed by atoms with E-state index in [-0.39, 0.29) is 11.8 Å². The molecule has 8 aromatic rings. The van der Waals surface area contributed by atoms with Crippen LogP contribution in [0.25, 0.3) is 71.9 Å². The molecule has 0 radical (unpaired) electrons. The Hall–Kier alpha value is -5.03. The molecule has 0 fully saturated rings. The van der Waals surface area contributed by atoms with Crippen molar-refractivity contribution in [3.63, 3.8) is 0 Å². The average molecular weight is 603 g/mol. The Bertz CT molecular complexity index is 2480. The number of hydrogen-bond acceptors (Lipinski definition) is 4. The van der Waals surface area contributed by atoms with E-state index < -0.39 is 0 Å². The molecule has 0 aliphatic rings. The second kappa shape index (κ2) is 10.5. The fraction of sp³-hybridized carbons (Fsp3) is 0.244. The maximum Gasteiger partial charge on any atom is 0.227 e. The number of imidazole rings is 1. The van der Waals surface area contributed by atoms with Crippen LogP contribution in [0.1, 0.15) is 81.8 Å². The number of pyridine rings is 2. The van der Waals surface area contributed by atoms with E-state index in [0.717, 1.165) is 61.1 Å². The van der Waals surface area contributed by atoms with Gasteiger partial charge in [0.1, 0.15) is 11.4 Å². The summed E-state index contributed by atoms with van der Waals surface area (Å²) in [4.78, 5) is 15.3. The van der Waals surface area contributed by atoms with Crippen LogP contribution < -0.4 is 0 Å². The van der Waals surface area contributed by atoms with Crippen LogP contribution in [0, 0.1) is 6.92 Å². The Balaban J connectivity index is 1.57. The quantitative estimate of drug-likeness (QED) is 0.197. The third kappa shape index (κ3) is 4.25. The molecule has 0 atom stereocenters. The van der Waals surface area contributed by atoms with Crippen molar-refractivity contribution in [1.82, 2.24) is 19.5 Å². The molecule has 4 aromatic carbocycles. The predicted molar refractivity (Wildman–Crippen MR) is 191 cm³/mol. The summed E-state index contributed by atoms with van der Waals surface area (Å²) in [5.74, 6) is 1.71. The number of rotatable bonds is 5. The Morgan fingerprint density at radius 2 is 1.39 bits per heavy atom. The normalized spacial score (nSPS) is 12.4. The van der Waals surface area contributed by atoms with Gasteiger partial charge in [-0.25, -0.2) is 9.97 Å². The molecule has 0 aliphatic carbocycles. The summed E-state index contributed by atoms with van der Waals surface area (Å²) in [7, 11) is 0. The van der Waals surface area contributed by atoms with Gasteiger partial charge in [-0.05, 0) is 95.1 Å². The standard InChI is InChI=1S/C41H38N4O/c1-22(2)32-21-26-11-8-9-12-27(26)36(24(5)6)38(32)45-37-30-16-15-25(7)42-34(30)19-20-35(37)43-40(45)31-14-10-13-28-29-17-18-33(23(3)4)44-41(29)46-39(28)31/h8-24H,1-7H3. The van der Waals surface area contributed by atoms with E-state index in [9.17, 15) is 0 Å². The number of para-hydroxylation sites is 1. The van der Waals surface area contributed by atoms with Crippen LogP contribution in [-0.4, -0.2) is 19.5 Å². The molecule has 4 heterocycles. The molecule has 0 bridgehead atoms. The highest BCUT2D eigenvalue weighted by molar-refractivity contribution is 6.10. The van der Waals surface area contributed by atoms with Gasteiger partial charge in [0.2, 0.25) is 5.71 Å². The van der Waals surface area contributed by atoms with E-state index in [0.29, 0.717) is 11.6 Å². The molecular formula is C41H38N4O. The van der Waals surface area contributed by atoms with E-state index in [1.54, 1.807) is 0 Å². The van der Waals surface area contributed by atoms with Crippen LogP contribution in [-0.2, 0) is 0 Å². The molecule has 5 heteroatoms. The van der Waals surface area contributed by atoms with Gasteiger partial charge < -0.3 is 4.42 Å². The number of benzene rings is 4. The van der Waals surface area contributed by atoms with Crippen molar-refractivity contribution in [3.8, 4) is 17.1 Å². The van der Waals surface area contributed by atoms with Crippen molar-refractivity contribution >= 4 is 54.8 Å². The van der Waals surface area contributed by atoms with Crippen molar-refractivity contribution < 1.29 is 4.42 Å². The van der Waals surface area contributed by atoms with Crippen LogP contribution in [0.4, 0.5) is 0 Å². The first-order valence-electron chi connectivity index (χ1n) is 16.4. The Morgan fingerprint density at radius 3 is 2.17 bits per heavy atom.